The summed E-state index contributed by atoms with van der Waals surface area (Å²) in [6.45, 7) is 7.90. The highest BCUT2D eigenvalue weighted by Gasteiger charge is 2.31. The molecule has 7 heteroatoms. The summed E-state index contributed by atoms with van der Waals surface area (Å²) in [5.74, 6) is 0.358. The zero-order valence-corrected chi connectivity index (χ0v) is 25.7. The van der Waals surface area contributed by atoms with Crippen molar-refractivity contribution >= 4 is 20.9 Å². The fourth-order valence-electron chi connectivity index (χ4n) is 5.35. The number of sulfonamides is 1. The third-order valence-electron chi connectivity index (χ3n) is 7.99. The molecule has 0 spiro atoms. The van der Waals surface area contributed by atoms with Crippen LogP contribution in [0.3, 0.4) is 0 Å². The summed E-state index contributed by atoms with van der Waals surface area (Å²) in [6.07, 6.45) is 2.55. The van der Waals surface area contributed by atoms with Crippen LogP contribution in [-0.2, 0) is 16.4 Å². The van der Waals surface area contributed by atoms with Gasteiger partial charge >= 0.3 is 0 Å². The Kier molecular flexibility index (Phi) is 8.43. The summed E-state index contributed by atoms with van der Waals surface area (Å²) in [4.78, 5) is 19.5. The zero-order chi connectivity index (χ0) is 30.0. The maximum absolute atomic E-state index is 14.3. The van der Waals surface area contributed by atoms with Gasteiger partial charge in [0.2, 0.25) is 10.0 Å². The van der Waals surface area contributed by atoms with Gasteiger partial charge in [-0.1, -0.05) is 79.6 Å². The van der Waals surface area contributed by atoms with Gasteiger partial charge in [0.25, 0.3) is 5.56 Å². The molecule has 0 fully saturated rings. The Bertz CT molecular complexity index is 1910. The number of aryl methyl sites for hydroxylation is 3. The maximum Gasteiger partial charge on any atom is 0.266 e. The molecule has 1 heterocycles. The molecule has 0 N–H and O–H groups in total. The number of hydrogen-bond donors (Lipinski definition) is 0. The molecule has 0 bridgehead atoms. The van der Waals surface area contributed by atoms with E-state index in [9.17, 15) is 13.2 Å². The molecule has 0 saturated heterocycles. The van der Waals surface area contributed by atoms with E-state index in [2.05, 4.69) is 6.92 Å². The second-order valence-corrected chi connectivity index (χ2v) is 12.9. The SMILES string of the molecule is CCCCc1ccccc1S(=O)(=O)N(C)C(C)c1nc2ccc(-c3ccccc3C)cc2c(=O)n1-c1ccc(C)cc1. The van der Waals surface area contributed by atoms with Gasteiger partial charge in [0.1, 0.15) is 5.82 Å². The van der Waals surface area contributed by atoms with Gasteiger partial charge in [0.15, 0.2) is 0 Å². The number of benzene rings is 4. The second kappa shape index (κ2) is 12.0. The first-order valence-corrected chi connectivity index (χ1v) is 15.8. The van der Waals surface area contributed by atoms with Crippen LogP contribution in [0.5, 0.6) is 0 Å². The van der Waals surface area contributed by atoms with Gasteiger partial charge in [0, 0.05) is 7.05 Å². The smallest absolute Gasteiger partial charge is 0.266 e. The molecule has 216 valence electrons. The number of nitrogens with zero attached hydrogens (tertiary/aromatic N) is 3. The van der Waals surface area contributed by atoms with Crippen molar-refractivity contribution in [2.45, 2.75) is 57.9 Å². The monoisotopic (exact) mass is 579 g/mol. The Morgan fingerprint density at radius 3 is 2.31 bits per heavy atom. The Balaban J connectivity index is 1.68. The van der Waals surface area contributed by atoms with Crippen LogP contribution in [0.1, 0.15) is 55.2 Å². The van der Waals surface area contributed by atoms with Gasteiger partial charge in [-0.2, -0.15) is 4.31 Å². The molecule has 5 rings (SSSR count). The molecule has 6 nitrogen and oxygen atoms in total. The first-order valence-electron chi connectivity index (χ1n) is 14.4. The minimum Gasteiger partial charge on any atom is -0.268 e. The van der Waals surface area contributed by atoms with Crippen LogP contribution in [0, 0.1) is 13.8 Å². The van der Waals surface area contributed by atoms with Crippen molar-refractivity contribution in [1.29, 1.82) is 0 Å². The molecule has 1 atom stereocenters. The van der Waals surface area contributed by atoms with E-state index >= 15 is 0 Å². The molecule has 42 heavy (non-hydrogen) atoms. The minimum atomic E-state index is -3.89. The summed E-state index contributed by atoms with van der Waals surface area (Å²) in [7, 11) is -2.33. The first kappa shape index (κ1) is 29.4. The predicted octanol–water partition coefficient (Wildman–Crippen LogP) is 7.39. The quantitative estimate of drug-likeness (QED) is 0.182. The van der Waals surface area contributed by atoms with Gasteiger partial charge in [-0.25, -0.2) is 13.4 Å². The van der Waals surface area contributed by atoms with Crippen molar-refractivity contribution < 1.29 is 8.42 Å². The number of rotatable bonds is 9. The highest BCUT2D eigenvalue weighted by Crippen LogP contribution is 2.30. The van der Waals surface area contributed by atoms with Crippen molar-refractivity contribution in [2.24, 2.45) is 0 Å². The molecule has 1 aromatic heterocycles. The van der Waals surface area contributed by atoms with E-state index in [4.69, 9.17) is 4.98 Å². The van der Waals surface area contributed by atoms with Gasteiger partial charge < -0.3 is 0 Å². The fourth-order valence-corrected chi connectivity index (χ4v) is 6.92. The normalized spacial score (nSPS) is 12.6. The number of hydrogen-bond acceptors (Lipinski definition) is 4. The number of fused-ring (bicyclic) bond motifs is 1. The van der Waals surface area contributed by atoms with E-state index in [0.29, 0.717) is 33.7 Å². The largest absolute Gasteiger partial charge is 0.268 e. The van der Waals surface area contributed by atoms with E-state index in [-0.39, 0.29) is 5.56 Å². The second-order valence-electron chi connectivity index (χ2n) is 10.9. The molecule has 1 unspecified atom stereocenters. The van der Waals surface area contributed by atoms with Crippen molar-refractivity contribution in [3.8, 4) is 16.8 Å². The molecule has 0 amide bonds. The van der Waals surface area contributed by atoms with Crippen LogP contribution < -0.4 is 5.56 Å². The van der Waals surface area contributed by atoms with E-state index in [1.54, 1.807) is 30.7 Å². The first-order chi connectivity index (χ1) is 20.1. The van der Waals surface area contributed by atoms with Gasteiger partial charge in [-0.15, -0.1) is 0 Å². The molecule has 0 aliphatic heterocycles. The topological polar surface area (TPSA) is 72.3 Å². The standard InChI is InChI=1S/C35H37N3O3S/c1-6-7-13-27-14-9-11-16-33(27)42(40,41)37(5)26(4)34-36-32-22-19-28(30-15-10-8-12-25(30)3)23-31(32)35(39)38(34)29-20-17-24(2)18-21-29/h8-12,14-23,26H,6-7,13H2,1-5H3. The van der Waals surface area contributed by atoms with Gasteiger partial charge in [-0.3, -0.25) is 9.36 Å². The molecular formula is C35H37N3O3S. The van der Waals surface area contributed by atoms with Crippen LogP contribution in [0.4, 0.5) is 0 Å². The van der Waals surface area contributed by atoms with Crippen LogP contribution in [0.25, 0.3) is 27.7 Å². The summed E-state index contributed by atoms with van der Waals surface area (Å²) in [6, 6.07) is 27.8. The minimum absolute atomic E-state index is 0.240. The molecule has 0 aliphatic rings. The zero-order valence-electron chi connectivity index (χ0n) is 24.8. The van der Waals surface area contributed by atoms with Crippen LogP contribution >= 0.6 is 0 Å². The van der Waals surface area contributed by atoms with Crippen LogP contribution in [0.15, 0.2) is 101 Å². The van der Waals surface area contributed by atoms with Gasteiger partial charge in [0.05, 0.1) is 27.5 Å². The molecular weight excluding hydrogens is 542 g/mol. The van der Waals surface area contributed by atoms with Gasteiger partial charge in [-0.05, 0) is 86.2 Å². The Hall–Kier alpha value is -4.07. The molecule has 0 aliphatic carbocycles. The van der Waals surface area contributed by atoms with E-state index in [1.807, 2.05) is 92.7 Å². The average molecular weight is 580 g/mol. The third-order valence-corrected chi connectivity index (χ3v) is 10.0. The maximum atomic E-state index is 14.3. The third kappa shape index (κ3) is 5.54. The molecule has 5 aromatic rings. The molecule has 0 saturated carbocycles. The average Bonchev–Trinajstić information content (AvgIpc) is 3.00. The van der Waals surface area contributed by atoms with Crippen molar-refractivity contribution in [2.75, 3.05) is 7.05 Å². The Labute approximate surface area is 248 Å². The lowest BCUT2D eigenvalue weighted by molar-refractivity contribution is 0.378. The number of unbranched alkanes of at least 4 members (excludes halogenated alkanes) is 1. The molecule has 4 aromatic carbocycles. The van der Waals surface area contributed by atoms with Crippen molar-refractivity contribution in [1.82, 2.24) is 13.9 Å². The Morgan fingerprint density at radius 2 is 1.60 bits per heavy atom. The van der Waals surface area contributed by atoms with Crippen molar-refractivity contribution in [3.63, 3.8) is 0 Å². The van der Waals surface area contributed by atoms with Crippen molar-refractivity contribution in [3.05, 3.63) is 124 Å². The fraction of sp³-hybridized carbons (Fsp3) is 0.257. The highest BCUT2D eigenvalue weighted by atomic mass is 32.2. The summed E-state index contributed by atoms with van der Waals surface area (Å²) in [5, 5.41) is 0.475. The summed E-state index contributed by atoms with van der Waals surface area (Å²) in [5.41, 5.74) is 5.86. The predicted molar refractivity (Wildman–Crippen MR) is 171 cm³/mol. The highest BCUT2D eigenvalue weighted by molar-refractivity contribution is 7.89. The lowest BCUT2D eigenvalue weighted by Crippen LogP contribution is -2.35. The van der Waals surface area contributed by atoms with E-state index in [1.165, 1.54) is 4.31 Å². The van der Waals surface area contributed by atoms with E-state index in [0.717, 1.165) is 40.7 Å². The summed E-state index contributed by atoms with van der Waals surface area (Å²) >= 11 is 0. The number of aromatic nitrogens is 2. The van der Waals surface area contributed by atoms with Crippen LogP contribution in [-0.4, -0.2) is 29.3 Å². The Morgan fingerprint density at radius 1 is 0.905 bits per heavy atom. The lowest BCUT2D eigenvalue weighted by Gasteiger charge is -2.27. The van der Waals surface area contributed by atoms with Crippen LogP contribution in [0.2, 0.25) is 0 Å². The van der Waals surface area contributed by atoms with E-state index < -0.39 is 16.1 Å². The lowest BCUT2D eigenvalue weighted by atomic mass is 9.99. The summed E-state index contributed by atoms with van der Waals surface area (Å²) < 4.78 is 30.9. The molecule has 0 radical (unpaired) electrons.